The highest BCUT2D eigenvalue weighted by molar-refractivity contribution is 7.10. The Morgan fingerprint density at radius 2 is 1.82 bits per heavy atom. The number of carbonyl (C=O) groups is 1. The molecule has 0 saturated carbocycles. The highest BCUT2D eigenvalue weighted by Gasteiger charge is 2.20. The molecule has 0 saturated heterocycles. The van der Waals surface area contributed by atoms with Gasteiger partial charge in [-0.15, -0.1) is 11.3 Å². The molecular formula is C19H19NOS. The van der Waals surface area contributed by atoms with Crippen molar-refractivity contribution < 1.29 is 4.79 Å². The number of rotatable bonds is 2. The van der Waals surface area contributed by atoms with Gasteiger partial charge in [0.1, 0.15) is 0 Å². The quantitative estimate of drug-likeness (QED) is 0.807. The third-order valence-corrected chi connectivity index (χ3v) is 4.53. The summed E-state index contributed by atoms with van der Waals surface area (Å²) in [5.41, 5.74) is 4.04. The molecule has 1 aromatic heterocycles. The molecule has 0 spiro atoms. The molecule has 3 rings (SSSR count). The number of carbonyl (C=O) groups excluding carboxylic acids is 1. The van der Waals surface area contributed by atoms with Gasteiger partial charge in [-0.25, -0.2) is 0 Å². The maximum Gasteiger partial charge on any atom is 0.255 e. The molecule has 0 atom stereocenters. The Bertz CT molecular complexity index is 744. The van der Waals surface area contributed by atoms with Gasteiger partial charge in [0.15, 0.2) is 0 Å². The molecule has 2 aromatic rings. The van der Waals surface area contributed by atoms with Gasteiger partial charge in [-0.1, -0.05) is 51.1 Å². The monoisotopic (exact) mass is 309 g/mol. The third-order valence-electron chi connectivity index (χ3n) is 3.71. The highest BCUT2D eigenvalue weighted by atomic mass is 32.1. The summed E-state index contributed by atoms with van der Waals surface area (Å²) in [6, 6.07) is 12.4. The van der Waals surface area contributed by atoms with Crippen molar-refractivity contribution in [1.29, 1.82) is 0 Å². The van der Waals surface area contributed by atoms with Crippen molar-refractivity contribution >= 4 is 29.0 Å². The van der Waals surface area contributed by atoms with Crippen molar-refractivity contribution in [1.82, 2.24) is 5.32 Å². The molecule has 2 nitrogen and oxygen atoms in total. The molecule has 0 unspecified atom stereocenters. The van der Waals surface area contributed by atoms with Crippen LogP contribution in [0.25, 0.3) is 11.8 Å². The normalized spacial score (nSPS) is 16.8. The standard InChI is InChI=1S/C19H19NOS/c1-19(2,3)15-8-6-13(7-9-15)17-12-14(18(21)20-17)11-16-5-4-10-22-16/h4-12H,1-3H3,(H,20,21). The van der Waals surface area contributed by atoms with E-state index < -0.39 is 0 Å². The summed E-state index contributed by atoms with van der Waals surface area (Å²) in [4.78, 5) is 13.2. The molecule has 1 N–H and O–H groups in total. The molecule has 2 heterocycles. The smallest absolute Gasteiger partial charge is 0.255 e. The van der Waals surface area contributed by atoms with Gasteiger partial charge in [-0.3, -0.25) is 4.79 Å². The molecule has 1 amide bonds. The second-order valence-electron chi connectivity index (χ2n) is 6.45. The van der Waals surface area contributed by atoms with E-state index in [2.05, 4.69) is 50.4 Å². The third kappa shape index (κ3) is 3.04. The molecule has 112 valence electrons. The Morgan fingerprint density at radius 3 is 2.41 bits per heavy atom. The minimum Gasteiger partial charge on any atom is -0.321 e. The minimum absolute atomic E-state index is 0.0386. The van der Waals surface area contributed by atoms with Gasteiger partial charge in [0, 0.05) is 16.1 Å². The predicted octanol–water partition coefficient (Wildman–Crippen LogP) is 4.60. The lowest BCUT2D eigenvalue weighted by atomic mass is 9.86. The van der Waals surface area contributed by atoms with Crippen LogP contribution < -0.4 is 5.32 Å². The summed E-state index contributed by atoms with van der Waals surface area (Å²) in [6.45, 7) is 6.58. The summed E-state index contributed by atoms with van der Waals surface area (Å²) in [7, 11) is 0. The predicted molar refractivity (Wildman–Crippen MR) is 93.6 cm³/mol. The van der Waals surface area contributed by atoms with Gasteiger partial charge >= 0.3 is 0 Å². The maximum absolute atomic E-state index is 12.1. The van der Waals surface area contributed by atoms with Gasteiger partial charge in [0.05, 0.1) is 0 Å². The van der Waals surface area contributed by atoms with E-state index in [1.807, 2.05) is 29.7 Å². The van der Waals surface area contributed by atoms with Crippen molar-refractivity contribution in [2.24, 2.45) is 0 Å². The highest BCUT2D eigenvalue weighted by Crippen LogP contribution is 2.27. The molecule has 3 heteroatoms. The molecule has 0 bridgehead atoms. The number of thiophene rings is 1. The van der Waals surface area contributed by atoms with Crippen LogP contribution in [0.15, 0.2) is 53.4 Å². The van der Waals surface area contributed by atoms with E-state index >= 15 is 0 Å². The lowest BCUT2D eigenvalue weighted by Gasteiger charge is -2.19. The Balaban J connectivity index is 1.88. The molecule has 0 fully saturated rings. The number of hydrogen-bond acceptors (Lipinski definition) is 2. The fraction of sp³-hybridized carbons (Fsp3) is 0.211. The van der Waals surface area contributed by atoms with E-state index in [9.17, 15) is 4.79 Å². The van der Waals surface area contributed by atoms with E-state index in [0.29, 0.717) is 5.57 Å². The Labute approximate surface area is 135 Å². The van der Waals surface area contributed by atoms with E-state index in [0.717, 1.165) is 16.1 Å². The molecule has 1 aliphatic heterocycles. The van der Waals surface area contributed by atoms with E-state index in [-0.39, 0.29) is 11.3 Å². The van der Waals surface area contributed by atoms with Crippen LogP contribution in [0.4, 0.5) is 0 Å². The van der Waals surface area contributed by atoms with Crippen LogP contribution in [-0.4, -0.2) is 5.91 Å². The van der Waals surface area contributed by atoms with Crippen molar-refractivity contribution in [2.45, 2.75) is 26.2 Å². The topological polar surface area (TPSA) is 29.1 Å². The Hall–Kier alpha value is -2.13. The Kier molecular flexibility index (Phi) is 3.75. The van der Waals surface area contributed by atoms with Crippen molar-refractivity contribution in [2.75, 3.05) is 0 Å². The fourth-order valence-electron chi connectivity index (χ4n) is 2.39. The van der Waals surface area contributed by atoms with Crippen LogP contribution in [0.5, 0.6) is 0 Å². The molecule has 0 radical (unpaired) electrons. The minimum atomic E-state index is -0.0386. The molecule has 22 heavy (non-hydrogen) atoms. The SMILES string of the molecule is CC(C)(C)c1ccc(C2=CC(=Cc3cccs3)C(=O)N2)cc1. The average Bonchev–Trinajstić information content (AvgIpc) is 3.09. The fourth-order valence-corrected chi connectivity index (χ4v) is 3.06. The number of amides is 1. The second-order valence-corrected chi connectivity index (χ2v) is 7.43. The second kappa shape index (κ2) is 5.58. The lowest BCUT2D eigenvalue weighted by Crippen LogP contribution is -2.16. The van der Waals surface area contributed by atoms with E-state index in [4.69, 9.17) is 0 Å². The zero-order valence-corrected chi connectivity index (χ0v) is 13.8. The van der Waals surface area contributed by atoms with Gasteiger partial charge in [0.25, 0.3) is 5.91 Å². The maximum atomic E-state index is 12.1. The van der Waals surface area contributed by atoms with Gasteiger partial charge in [0.2, 0.25) is 0 Å². The summed E-state index contributed by atoms with van der Waals surface area (Å²) in [5, 5.41) is 4.96. The summed E-state index contributed by atoms with van der Waals surface area (Å²) in [5.74, 6) is -0.0386. The first-order valence-corrected chi connectivity index (χ1v) is 8.21. The number of benzene rings is 1. The zero-order chi connectivity index (χ0) is 15.7. The van der Waals surface area contributed by atoms with Crippen LogP contribution in [0.3, 0.4) is 0 Å². The van der Waals surface area contributed by atoms with E-state index in [1.165, 1.54) is 5.56 Å². The average molecular weight is 309 g/mol. The summed E-state index contributed by atoms with van der Waals surface area (Å²) < 4.78 is 0. The van der Waals surface area contributed by atoms with Gasteiger partial charge in [-0.2, -0.15) is 0 Å². The van der Waals surface area contributed by atoms with Gasteiger partial charge in [-0.05, 0) is 40.1 Å². The van der Waals surface area contributed by atoms with Crippen LogP contribution in [-0.2, 0) is 10.2 Å². The first kappa shape index (κ1) is 14.8. The molecule has 0 aliphatic carbocycles. The number of nitrogens with one attached hydrogen (secondary N) is 1. The number of hydrogen-bond donors (Lipinski definition) is 1. The molecule has 1 aliphatic rings. The van der Waals surface area contributed by atoms with Crippen molar-refractivity contribution in [3.63, 3.8) is 0 Å². The van der Waals surface area contributed by atoms with Crippen LogP contribution in [0.2, 0.25) is 0 Å². The van der Waals surface area contributed by atoms with Crippen molar-refractivity contribution in [3.8, 4) is 0 Å². The van der Waals surface area contributed by atoms with E-state index in [1.54, 1.807) is 11.3 Å². The van der Waals surface area contributed by atoms with Crippen LogP contribution in [0, 0.1) is 0 Å². The van der Waals surface area contributed by atoms with Gasteiger partial charge < -0.3 is 5.32 Å². The summed E-state index contributed by atoms with van der Waals surface area (Å²) >= 11 is 1.63. The van der Waals surface area contributed by atoms with Crippen LogP contribution >= 0.6 is 11.3 Å². The molecular weight excluding hydrogens is 290 g/mol. The zero-order valence-electron chi connectivity index (χ0n) is 13.0. The van der Waals surface area contributed by atoms with Crippen molar-refractivity contribution in [3.05, 3.63) is 69.4 Å². The first-order chi connectivity index (χ1) is 10.4. The van der Waals surface area contributed by atoms with Crippen LogP contribution in [0.1, 0.15) is 36.8 Å². The summed E-state index contributed by atoms with van der Waals surface area (Å²) in [6.07, 6.45) is 3.85. The first-order valence-electron chi connectivity index (χ1n) is 7.33. The Morgan fingerprint density at radius 1 is 1.09 bits per heavy atom. The molecule has 1 aromatic carbocycles. The lowest BCUT2D eigenvalue weighted by molar-refractivity contribution is -0.115. The largest absolute Gasteiger partial charge is 0.321 e.